The van der Waals surface area contributed by atoms with Gasteiger partial charge in [0, 0.05) is 12.6 Å². The lowest BCUT2D eigenvalue weighted by atomic mass is 10.2. The fourth-order valence-electron chi connectivity index (χ4n) is 1.25. The Morgan fingerprint density at radius 2 is 2.29 bits per heavy atom. The number of hydrogen-bond acceptors (Lipinski definition) is 4. The molecule has 1 aromatic rings. The third kappa shape index (κ3) is 4.69. The largest absolute Gasteiger partial charge is 0.459 e. The zero-order valence-electron chi connectivity index (χ0n) is 9.60. The summed E-state index contributed by atoms with van der Waals surface area (Å²) in [6, 6.07) is 2.99. The van der Waals surface area contributed by atoms with E-state index in [4.69, 9.17) is 9.52 Å². The maximum atomic E-state index is 11.4. The highest BCUT2D eigenvalue weighted by molar-refractivity contribution is 5.94. The van der Waals surface area contributed by atoms with E-state index in [0.717, 1.165) is 0 Å². The highest BCUT2D eigenvalue weighted by Crippen LogP contribution is 1.98. The molecule has 0 saturated carbocycles. The molecule has 6 heteroatoms. The lowest BCUT2D eigenvalue weighted by Gasteiger charge is -2.12. The van der Waals surface area contributed by atoms with Crippen molar-refractivity contribution in [1.29, 1.82) is 0 Å². The maximum Gasteiger partial charge on any atom is 0.287 e. The quantitative estimate of drug-likeness (QED) is 0.647. The van der Waals surface area contributed by atoms with Gasteiger partial charge in [0.1, 0.15) is 0 Å². The molecule has 1 rings (SSSR count). The first-order valence-electron chi connectivity index (χ1n) is 5.35. The number of aliphatic hydroxyl groups is 1. The third-order valence-corrected chi connectivity index (χ3v) is 2.12. The van der Waals surface area contributed by atoms with E-state index in [1.54, 1.807) is 13.0 Å². The van der Waals surface area contributed by atoms with Crippen LogP contribution in [0.15, 0.2) is 22.8 Å². The van der Waals surface area contributed by atoms with E-state index in [0.29, 0.717) is 6.42 Å². The van der Waals surface area contributed by atoms with Crippen molar-refractivity contribution >= 4 is 11.8 Å². The summed E-state index contributed by atoms with van der Waals surface area (Å²) in [5, 5.41) is 13.7. The van der Waals surface area contributed by atoms with Gasteiger partial charge in [-0.05, 0) is 25.5 Å². The smallest absolute Gasteiger partial charge is 0.287 e. The molecule has 94 valence electrons. The van der Waals surface area contributed by atoms with Gasteiger partial charge in [0.25, 0.3) is 5.91 Å². The van der Waals surface area contributed by atoms with Gasteiger partial charge in [0.2, 0.25) is 5.91 Å². The number of nitrogens with one attached hydrogen (secondary N) is 2. The molecule has 1 aromatic heterocycles. The minimum Gasteiger partial charge on any atom is -0.459 e. The summed E-state index contributed by atoms with van der Waals surface area (Å²) in [7, 11) is 0. The van der Waals surface area contributed by atoms with Crippen LogP contribution in [0.1, 0.15) is 23.9 Å². The summed E-state index contributed by atoms with van der Waals surface area (Å²) in [4.78, 5) is 22.8. The number of rotatable bonds is 6. The van der Waals surface area contributed by atoms with Crippen molar-refractivity contribution in [2.45, 2.75) is 19.4 Å². The van der Waals surface area contributed by atoms with Gasteiger partial charge in [0.15, 0.2) is 5.76 Å². The fourth-order valence-corrected chi connectivity index (χ4v) is 1.25. The molecule has 0 radical (unpaired) electrons. The predicted molar refractivity (Wildman–Crippen MR) is 60.3 cm³/mol. The standard InChI is InChI=1S/C11H16N2O4/c1-8(4-5-14)13-10(15)7-12-11(16)9-3-2-6-17-9/h2-3,6,8,14H,4-5,7H2,1H3,(H,12,16)(H,13,15). The Labute approximate surface area is 99.0 Å². The monoisotopic (exact) mass is 240 g/mol. The molecule has 1 heterocycles. The second-order valence-corrected chi connectivity index (χ2v) is 3.64. The summed E-state index contributed by atoms with van der Waals surface area (Å²) >= 11 is 0. The third-order valence-electron chi connectivity index (χ3n) is 2.12. The molecule has 0 aliphatic heterocycles. The molecule has 0 fully saturated rings. The van der Waals surface area contributed by atoms with E-state index < -0.39 is 5.91 Å². The van der Waals surface area contributed by atoms with Gasteiger partial charge in [-0.1, -0.05) is 0 Å². The SMILES string of the molecule is CC(CCO)NC(=O)CNC(=O)c1ccco1. The molecule has 2 amide bonds. The Morgan fingerprint density at radius 1 is 1.53 bits per heavy atom. The van der Waals surface area contributed by atoms with Crippen LogP contribution in [0.5, 0.6) is 0 Å². The molecule has 0 aliphatic rings. The van der Waals surface area contributed by atoms with Crippen LogP contribution in [0.2, 0.25) is 0 Å². The van der Waals surface area contributed by atoms with E-state index in [-0.39, 0.29) is 30.9 Å². The zero-order chi connectivity index (χ0) is 12.7. The minimum atomic E-state index is -0.431. The molecule has 17 heavy (non-hydrogen) atoms. The van der Waals surface area contributed by atoms with Crippen molar-refractivity contribution in [3.63, 3.8) is 0 Å². The normalized spacial score (nSPS) is 11.9. The highest BCUT2D eigenvalue weighted by atomic mass is 16.3. The Kier molecular flexibility index (Phi) is 5.22. The van der Waals surface area contributed by atoms with Crippen LogP contribution in [-0.2, 0) is 4.79 Å². The molecular formula is C11H16N2O4. The van der Waals surface area contributed by atoms with Gasteiger partial charge in [-0.2, -0.15) is 0 Å². The zero-order valence-corrected chi connectivity index (χ0v) is 9.60. The van der Waals surface area contributed by atoms with Crippen molar-refractivity contribution in [2.75, 3.05) is 13.2 Å². The van der Waals surface area contributed by atoms with Gasteiger partial charge in [-0.3, -0.25) is 9.59 Å². The molecular weight excluding hydrogens is 224 g/mol. The second-order valence-electron chi connectivity index (χ2n) is 3.64. The molecule has 0 bridgehead atoms. The molecule has 1 atom stereocenters. The van der Waals surface area contributed by atoms with Crippen LogP contribution in [0.4, 0.5) is 0 Å². The molecule has 0 saturated heterocycles. The minimum absolute atomic E-state index is 0.0141. The van der Waals surface area contributed by atoms with Crippen molar-refractivity contribution in [1.82, 2.24) is 10.6 Å². The first kappa shape index (κ1) is 13.2. The summed E-state index contributed by atoms with van der Waals surface area (Å²) in [6.45, 7) is 1.68. The van der Waals surface area contributed by atoms with E-state index in [1.165, 1.54) is 12.3 Å². The number of hydrogen-bond donors (Lipinski definition) is 3. The lowest BCUT2D eigenvalue weighted by molar-refractivity contribution is -0.120. The molecule has 0 aromatic carbocycles. The van der Waals surface area contributed by atoms with Crippen LogP contribution in [-0.4, -0.2) is 36.1 Å². The molecule has 1 unspecified atom stereocenters. The highest BCUT2D eigenvalue weighted by Gasteiger charge is 2.11. The van der Waals surface area contributed by atoms with Crippen molar-refractivity contribution in [3.05, 3.63) is 24.2 Å². The van der Waals surface area contributed by atoms with Gasteiger partial charge >= 0.3 is 0 Å². The number of carbonyl (C=O) groups is 2. The van der Waals surface area contributed by atoms with Crippen molar-refractivity contribution in [3.8, 4) is 0 Å². The average molecular weight is 240 g/mol. The van der Waals surface area contributed by atoms with Crippen molar-refractivity contribution < 1.29 is 19.1 Å². The van der Waals surface area contributed by atoms with Crippen LogP contribution >= 0.6 is 0 Å². The van der Waals surface area contributed by atoms with Gasteiger partial charge < -0.3 is 20.2 Å². The van der Waals surface area contributed by atoms with E-state index >= 15 is 0 Å². The Bertz CT molecular complexity index is 362. The number of furan rings is 1. The van der Waals surface area contributed by atoms with Crippen LogP contribution in [0.25, 0.3) is 0 Å². The van der Waals surface area contributed by atoms with Crippen LogP contribution < -0.4 is 10.6 Å². The summed E-state index contributed by atoms with van der Waals surface area (Å²) in [6.07, 6.45) is 1.87. The molecule has 0 spiro atoms. The molecule has 3 N–H and O–H groups in total. The van der Waals surface area contributed by atoms with Crippen LogP contribution in [0.3, 0.4) is 0 Å². The second kappa shape index (κ2) is 6.70. The van der Waals surface area contributed by atoms with Crippen LogP contribution in [0, 0.1) is 0 Å². The Morgan fingerprint density at radius 3 is 2.88 bits per heavy atom. The van der Waals surface area contributed by atoms with E-state index in [9.17, 15) is 9.59 Å². The predicted octanol–water partition coefficient (Wildman–Crippen LogP) is -0.103. The fraction of sp³-hybridized carbons (Fsp3) is 0.455. The summed E-state index contributed by atoms with van der Waals surface area (Å²) in [5.74, 6) is -0.563. The number of aliphatic hydroxyl groups excluding tert-OH is 1. The molecule has 0 aliphatic carbocycles. The van der Waals surface area contributed by atoms with E-state index in [2.05, 4.69) is 10.6 Å². The summed E-state index contributed by atoms with van der Waals surface area (Å²) < 4.78 is 4.87. The first-order valence-corrected chi connectivity index (χ1v) is 5.35. The van der Waals surface area contributed by atoms with Gasteiger partial charge in [-0.25, -0.2) is 0 Å². The van der Waals surface area contributed by atoms with Crippen molar-refractivity contribution in [2.24, 2.45) is 0 Å². The van der Waals surface area contributed by atoms with Gasteiger partial charge in [0.05, 0.1) is 12.8 Å². The Balaban J connectivity index is 2.26. The summed E-state index contributed by atoms with van der Waals surface area (Å²) in [5.41, 5.74) is 0. The first-order chi connectivity index (χ1) is 8.13. The number of amides is 2. The van der Waals surface area contributed by atoms with Gasteiger partial charge in [-0.15, -0.1) is 0 Å². The van der Waals surface area contributed by atoms with E-state index in [1.807, 2.05) is 0 Å². The number of carbonyl (C=O) groups excluding carboxylic acids is 2. The lowest BCUT2D eigenvalue weighted by Crippen LogP contribution is -2.41. The molecule has 6 nitrogen and oxygen atoms in total. The average Bonchev–Trinajstić information content (AvgIpc) is 2.79. The Hall–Kier alpha value is -1.82. The topological polar surface area (TPSA) is 91.6 Å². The maximum absolute atomic E-state index is 11.4.